The van der Waals surface area contributed by atoms with E-state index in [0.717, 1.165) is 31.2 Å². The van der Waals surface area contributed by atoms with Crippen molar-refractivity contribution in [2.24, 2.45) is 5.92 Å². The maximum Gasteiger partial charge on any atom is 0.225 e. The third-order valence-electron chi connectivity index (χ3n) is 5.70. The van der Waals surface area contributed by atoms with Crippen molar-refractivity contribution in [2.45, 2.75) is 57.4 Å². The third kappa shape index (κ3) is 4.02. The molecule has 5 heteroatoms. The number of hydrogen-bond acceptors (Lipinski definition) is 2. The number of carbonyl (C=O) groups is 2. The molecule has 1 aliphatic heterocycles. The molecule has 0 aromatic heterocycles. The van der Waals surface area contributed by atoms with Crippen molar-refractivity contribution in [1.29, 1.82) is 0 Å². The Kier molecular flexibility index (Phi) is 5.40. The Hall–Kier alpha value is -1.91. The van der Waals surface area contributed by atoms with Crippen molar-refractivity contribution in [3.05, 3.63) is 35.6 Å². The standard InChI is InChI=1S/C20H27FN2O2/c1-15(24)22-20(17-7-9-18(21)10-8-17)11-13-23(14-12-20)19(25)16-5-3-2-4-6-16/h7-10,16H,2-6,11-14H2,1H3,(H,22,24). The monoisotopic (exact) mass is 346 g/mol. The SMILES string of the molecule is CC(=O)NC1(c2ccc(F)cc2)CCN(C(=O)C2CCCCC2)CC1. The van der Waals surface area contributed by atoms with E-state index < -0.39 is 5.54 Å². The zero-order chi connectivity index (χ0) is 17.9. The summed E-state index contributed by atoms with van der Waals surface area (Å²) in [5.74, 6) is 0.0612. The molecule has 2 fully saturated rings. The second-order valence-corrected chi connectivity index (χ2v) is 7.43. The number of rotatable bonds is 3. The summed E-state index contributed by atoms with van der Waals surface area (Å²) in [4.78, 5) is 26.5. The van der Waals surface area contributed by atoms with Crippen LogP contribution in [0.25, 0.3) is 0 Å². The molecule has 0 radical (unpaired) electrons. The van der Waals surface area contributed by atoms with Crippen LogP contribution >= 0.6 is 0 Å². The number of nitrogens with zero attached hydrogens (tertiary/aromatic N) is 1. The number of piperidine rings is 1. The van der Waals surface area contributed by atoms with E-state index in [9.17, 15) is 14.0 Å². The molecule has 136 valence electrons. The molecule has 1 aliphatic carbocycles. The predicted molar refractivity (Wildman–Crippen MR) is 94.3 cm³/mol. The van der Waals surface area contributed by atoms with Gasteiger partial charge in [0.15, 0.2) is 0 Å². The van der Waals surface area contributed by atoms with Crippen LogP contribution in [0.3, 0.4) is 0 Å². The number of halogens is 1. The Morgan fingerprint density at radius 3 is 2.24 bits per heavy atom. The fourth-order valence-corrected chi connectivity index (χ4v) is 4.31. The van der Waals surface area contributed by atoms with Crippen molar-refractivity contribution in [3.8, 4) is 0 Å². The molecule has 2 amide bonds. The summed E-state index contributed by atoms with van der Waals surface area (Å²) < 4.78 is 13.3. The number of benzene rings is 1. The summed E-state index contributed by atoms with van der Waals surface area (Å²) in [5.41, 5.74) is 0.400. The van der Waals surface area contributed by atoms with Gasteiger partial charge in [0.25, 0.3) is 0 Å². The van der Waals surface area contributed by atoms with E-state index >= 15 is 0 Å². The number of hydrogen-bond donors (Lipinski definition) is 1. The molecule has 1 aromatic rings. The number of nitrogens with one attached hydrogen (secondary N) is 1. The molecule has 1 saturated carbocycles. The normalized spacial score (nSPS) is 21.0. The van der Waals surface area contributed by atoms with Crippen molar-refractivity contribution < 1.29 is 14.0 Å². The topological polar surface area (TPSA) is 49.4 Å². The molecule has 1 N–H and O–H groups in total. The Morgan fingerprint density at radius 1 is 1.08 bits per heavy atom. The van der Waals surface area contributed by atoms with Gasteiger partial charge in [-0.1, -0.05) is 31.4 Å². The van der Waals surface area contributed by atoms with E-state index in [0.29, 0.717) is 25.9 Å². The van der Waals surface area contributed by atoms with E-state index in [1.54, 1.807) is 12.1 Å². The minimum Gasteiger partial charge on any atom is -0.347 e. The fraction of sp³-hybridized carbons (Fsp3) is 0.600. The van der Waals surface area contributed by atoms with Crippen LogP contribution in [0.5, 0.6) is 0 Å². The average Bonchev–Trinajstić information content (AvgIpc) is 2.62. The van der Waals surface area contributed by atoms with Gasteiger partial charge in [-0.15, -0.1) is 0 Å². The van der Waals surface area contributed by atoms with E-state index in [2.05, 4.69) is 5.32 Å². The predicted octanol–water partition coefficient (Wildman–Crippen LogP) is 3.36. The second kappa shape index (κ2) is 7.54. The van der Waals surface area contributed by atoms with Crippen molar-refractivity contribution in [1.82, 2.24) is 10.2 Å². The molecular formula is C20H27FN2O2. The largest absolute Gasteiger partial charge is 0.347 e. The molecule has 2 aliphatic rings. The lowest BCUT2D eigenvalue weighted by Crippen LogP contribution is -2.54. The maximum absolute atomic E-state index is 13.3. The molecule has 0 bridgehead atoms. The molecule has 25 heavy (non-hydrogen) atoms. The van der Waals surface area contributed by atoms with Crippen LogP contribution < -0.4 is 5.32 Å². The molecule has 4 nitrogen and oxygen atoms in total. The highest BCUT2D eigenvalue weighted by Gasteiger charge is 2.39. The lowest BCUT2D eigenvalue weighted by Gasteiger charge is -2.43. The molecule has 1 saturated heterocycles. The first-order valence-electron chi connectivity index (χ1n) is 9.34. The average molecular weight is 346 g/mol. The number of carbonyl (C=O) groups excluding carboxylic acids is 2. The Labute approximate surface area is 148 Å². The van der Waals surface area contributed by atoms with Gasteiger partial charge in [-0.05, 0) is 43.4 Å². The zero-order valence-corrected chi connectivity index (χ0v) is 14.9. The van der Waals surface area contributed by atoms with Gasteiger partial charge in [-0.2, -0.15) is 0 Å². The van der Waals surface area contributed by atoms with Crippen molar-refractivity contribution in [3.63, 3.8) is 0 Å². The summed E-state index contributed by atoms with van der Waals surface area (Å²) in [5, 5.41) is 3.07. The summed E-state index contributed by atoms with van der Waals surface area (Å²) >= 11 is 0. The Bertz CT molecular complexity index is 615. The van der Waals surface area contributed by atoms with Crippen LogP contribution in [0.15, 0.2) is 24.3 Å². The lowest BCUT2D eigenvalue weighted by molar-refractivity contribution is -0.138. The van der Waals surface area contributed by atoms with Gasteiger partial charge in [-0.25, -0.2) is 4.39 Å². The van der Waals surface area contributed by atoms with Crippen LogP contribution in [0.1, 0.15) is 57.4 Å². The summed E-state index contributed by atoms with van der Waals surface area (Å²) in [6.45, 7) is 2.77. The van der Waals surface area contributed by atoms with Gasteiger partial charge in [0.05, 0.1) is 5.54 Å². The molecule has 0 unspecified atom stereocenters. The van der Waals surface area contributed by atoms with E-state index in [1.165, 1.54) is 25.5 Å². The highest BCUT2D eigenvalue weighted by Crippen LogP contribution is 2.35. The highest BCUT2D eigenvalue weighted by molar-refractivity contribution is 5.79. The van der Waals surface area contributed by atoms with Gasteiger partial charge in [0.1, 0.15) is 5.82 Å². The molecule has 0 spiro atoms. The number of amides is 2. The summed E-state index contributed by atoms with van der Waals surface area (Å²) in [6, 6.07) is 6.34. The first-order valence-corrected chi connectivity index (χ1v) is 9.34. The first-order chi connectivity index (χ1) is 12.0. The molecular weight excluding hydrogens is 319 g/mol. The highest BCUT2D eigenvalue weighted by atomic mass is 19.1. The van der Waals surface area contributed by atoms with E-state index in [4.69, 9.17) is 0 Å². The second-order valence-electron chi connectivity index (χ2n) is 7.43. The number of likely N-dealkylation sites (tertiary alicyclic amines) is 1. The first kappa shape index (κ1) is 17.9. The van der Waals surface area contributed by atoms with Crippen LogP contribution in [0, 0.1) is 11.7 Å². The van der Waals surface area contributed by atoms with Gasteiger partial charge in [0, 0.05) is 25.9 Å². The summed E-state index contributed by atoms with van der Waals surface area (Å²) in [7, 11) is 0. The molecule has 0 atom stereocenters. The zero-order valence-electron chi connectivity index (χ0n) is 14.9. The van der Waals surface area contributed by atoms with Crippen LogP contribution in [0.4, 0.5) is 4.39 Å². The van der Waals surface area contributed by atoms with Crippen LogP contribution in [-0.2, 0) is 15.1 Å². The Balaban J connectivity index is 1.72. The smallest absolute Gasteiger partial charge is 0.225 e. The quantitative estimate of drug-likeness (QED) is 0.912. The van der Waals surface area contributed by atoms with Gasteiger partial charge in [0.2, 0.25) is 11.8 Å². The van der Waals surface area contributed by atoms with E-state index in [-0.39, 0.29) is 23.5 Å². The van der Waals surface area contributed by atoms with Crippen molar-refractivity contribution in [2.75, 3.05) is 13.1 Å². The minimum absolute atomic E-state index is 0.101. The minimum atomic E-state index is -0.511. The fourth-order valence-electron chi connectivity index (χ4n) is 4.31. The third-order valence-corrected chi connectivity index (χ3v) is 5.70. The van der Waals surface area contributed by atoms with Gasteiger partial charge < -0.3 is 10.2 Å². The molecule has 1 aromatic carbocycles. The van der Waals surface area contributed by atoms with E-state index in [1.807, 2.05) is 4.90 Å². The van der Waals surface area contributed by atoms with Gasteiger partial charge >= 0.3 is 0 Å². The van der Waals surface area contributed by atoms with Crippen molar-refractivity contribution >= 4 is 11.8 Å². The van der Waals surface area contributed by atoms with Gasteiger partial charge in [-0.3, -0.25) is 9.59 Å². The molecule has 1 heterocycles. The molecule has 3 rings (SSSR count). The lowest BCUT2D eigenvalue weighted by atomic mass is 9.80. The van der Waals surface area contributed by atoms with Crippen LogP contribution in [-0.4, -0.2) is 29.8 Å². The Morgan fingerprint density at radius 2 is 1.68 bits per heavy atom. The summed E-state index contributed by atoms with van der Waals surface area (Å²) in [6.07, 6.45) is 6.87. The van der Waals surface area contributed by atoms with Crippen LogP contribution in [0.2, 0.25) is 0 Å². The maximum atomic E-state index is 13.3.